The number of thioether (sulfide) groups is 1. The third kappa shape index (κ3) is 5.64. The lowest BCUT2D eigenvalue weighted by atomic mass is 10.2. The summed E-state index contributed by atoms with van der Waals surface area (Å²) >= 11 is 1.51. The van der Waals surface area contributed by atoms with E-state index >= 15 is 0 Å². The van der Waals surface area contributed by atoms with Crippen LogP contribution in [0.5, 0.6) is 5.75 Å². The molecule has 0 fully saturated rings. The molecule has 5 nitrogen and oxygen atoms in total. The number of benzene rings is 3. The van der Waals surface area contributed by atoms with Crippen molar-refractivity contribution in [2.45, 2.75) is 18.7 Å². The van der Waals surface area contributed by atoms with Crippen molar-refractivity contribution >= 4 is 35.0 Å². The molecule has 3 rings (SSSR count). The Labute approximate surface area is 180 Å². The number of nitrogens with one attached hydrogen (secondary N) is 2. The van der Waals surface area contributed by atoms with Crippen LogP contribution in [0.4, 0.5) is 11.4 Å². The number of rotatable bonds is 7. The molecule has 0 atom stereocenters. The fraction of sp³-hybridized carbons (Fsp3) is 0.167. The van der Waals surface area contributed by atoms with Gasteiger partial charge >= 0.3 is 0 Å². The van der Waals surface area contributed by atoms with Crippen LogP contribution >= 0.6 is 11.8 Å². The summed E-state index contributed by atoms with van der Waals surface area (Å²) < 4.78 is 5.25. The highest BCUT2D eigenvalue weighted by atomic mass is 32.2. The zero-order valence-corrected chi connectivity index (χ0v) is 18.0. The van der Waals surface area contributed by atoms with E-state index in [4.69, 9.17) is 4.74 Å². The summed E-state index contributed by atoms with van der Waals surface area (Å²) in [5, 5.41) is 5.70. The fourth-order valence-electron chi connectivity index (χ4n) is 2.95. The molecule has 6 heteroatoms. The second kappa shape index (κ2) is 9.98. The molecule has 0 heterocycles. The van der Waals surface area contributed by atoms with E-state index in [1.54, 1.807) is 43.5 Å². The average Bonchev–Trinajstić information content (AvgIpc) is 2.74. The van der Waals surface area contributed by atoms with Crippen LogP contribution in [0.2, 0.25) is 0 Å². The summed E-state index contributed by atoms with van der Waals surface area (Å²) in [4.78, 5) is 25.8. The predicted octanol–water partition coefficient (Wildman–Crippen LogP) is 5.30. The van der Waals surface area contributed by atoms with Gasteiger partial charge in [-0.1, -0.05) is 29.8 Å². The predicted molar refractivity (Wildman–Crippen MR) is 123 cm³/mol. The van der Waals surface area contributed by atoms with Crippen molar-refractivity contribution in [3.05, 3.63) is 83.4 Å². The number of methoxy groups -OCH3 is 1. The van der Waals surface area contributed by atoms with Crippen LogP contribution < -0.4 is 15.4 Å². The number of hydrogen-bond acceptors (Lipinski definition) is 4. The van der Waals surface area contributed by atoms with Gasteiger partial charge in [0.15, 0.2) is 0 Å². The number of ether oxygens (including phenoxy) is 1. The van der Waals surface area contributed by atoms with Gasteiger partial charge in [0.25, 0.3) is 5.91 Å². The molecule has 0 unspecified atom stereocenters. The number of para-hydroxylation sites is 2. The van der Waals surface area contributed by atoms with Gasteiger partial charge in [0.05, 0.1) is 18.6 Å². The van der Waals surface area contributed by atoms with Gasteiger partial charge in [-0.05, 0) is 61.9 Å². The normalized spacial score (nSPS) is 10.4. The Bertz CT molecular complexity index is 1050. The van der Waals surface area contributed by atoms with Gasteiger partial charge < -0.3 is 15.4 Å². The Balaban J connectivity index is 1.56. The first-order valence-electron chi connectivity index (χ1n) is 9.50. The van der Waals surface area contributed by atoms with E-state index in [2.05, 4.69) is 23.6 Å². The molecule has 154 valence electrons. The van der Waals surface area contributed by atoms with Crippen LogP contribution in [0.15, 0.2) is 71.6 Å². The highest BCUT2D eigenvalue weighted by Gasteiger charge is 2.10. The molecule has 0 spiro atoms. The highest BCUT2D eigenvalue weighted by molar-refractivity contribution is 8.00. The van der Waals surface area contributed by atoms with Crippen molar-refractivity contribution in [2.24, 2.45) is 0 Å². The van der Waals surface area contributed by atoms with Gasteiger partial charge in [-0.3, -0.25) is 9.59 Å². The molecule has 0 aliphatic rings. The minimum atomic E-state index is -0.247. The second-order valence-corrected chi connectivity index (χ2v) is 7.85. The van der Waals surface area contributed by atoms with E-state index in [0.717, 1.165) is 4.90 Å². The first kappa shape index (κ1) is 21.5. The molecule has 2 N–H and O–H groups in total. The van der Waals surface area contributed by atoms with E-state index in [9.17, 15) is 9.59 Å². The third-order valence-corrected chi connectivity index (χ3v) is 5.65. The fourth-order valence-corrected chi connectivity index (χ4v) is 3.76. The van der Waals surface area contributed by atoms with Gasteiger partial charge in [-0.2, -0.15) is 0 Å². The molecule has 0 radical (unpaired) electrons. The number of aryl methyl sites for hydroxylation is 2. The van der Waals surface area contributed by atoms with E-state index < -0.39 is 0 Å². The van der Waals surface area contributed by atoms with Crippen LogP contribution in [0.3, 0.4) is 0 Å². The smallest absolute Gasteiger partial charge is 0.255 e. The Morgan fingerprint density at radius 3 is 2.37 bits per heavy atom. The summed E-state index contributed by atoms with van der Waals surface area (Å²) in [7, 11) is 1.56. The van der Waals surface area contributed by atoms with Crippen LogP contribution in [0.25, 0.3) is 0 Å². The Kier molecular flexibility index (Phi) is 7.14. The second-order valence-electron chi connectivity index (χ2n) is 6.84. The first-order valence-corrected chi connectivity index (χ1v) is 10.5. The minimum Gasteiger partial charge on any atom is -0.495 e. The molecule has 0 bridgehead atoms. The lowest BCUT2D eigenvalue weighted by molar-refractivity contribution is -0.113. The topological polar surface area (TPSA) is 67.4 Å². The molecule has 0 aliphatic carbocycles. The van der Waals surface area contributed by atoms with Crippen molar-refractivity contribution in [3.8, 4) is 5.75 Å². The summed E-state index contributed by atoms with van der Waals surface area (Å²) in [6.45, 7) is 4.09. The Morgan fingerprint density at radius 2 is 1.67 bits per heavy atom. The monoisotopic (exact) mass is 420 g/mol. The van der Waals surface area contributed by atoms with Crippen molar-refractivity contribution < 1.29 is 14.3 Å². The molecule has 30 heavy (non-hydrogen) atoms. The number of carbonyl (C=O) groups is 2. The van der Waals surface area contributed by atoms with Gasteiger partial charge in [0.2, 0.25) is 5.91 Å². The van der Waals surface area contributed by atoms with Crippen LogP contribution in [-0.2, 0) is 4.79 Å². The molecule has 0 aromatic heterocycles. The van der Waals surface area contributed by atoms with E-state index in [-0.39, 0.29) is 11.8 Å². The maximum Gasteiger partial charge on any atom is 0.255 e. The molecule has 3 aromatic carbocycles. The maximum absolute atomic E-state index is 12.5. The Hall–Kier alpha value is -3.25. The average molecular weight is 421 g/mol. The molecule has 0 saturated carbocycles. The summed E-state index contributed by atoms with van der Waals surface area (Å²) in [6, 6.07) is 20.2. The minimum absolute atomic E-state index is 0.0915. The number of hydrogen-bond donors (Lipinski definition) is 2. The van der Waals surface area contributed by atoms with Gasteiger partial charge in [-0.25, -0.2) is 0 Å². The van der Waals surface area contributed by atoms with Gasteiger partial charge in [0, 0.05) is 16.1 Å². The highest BCUT2D eigenvalue weighted by Crippen LogP contribution is 2.25. The van der Waals surface area contributed by atoms with Gasteiger partial charge in [0.1, 0.15) is 5.75 Å². The lowest BCUT2D eigenvalue weighted by Gasteiger charge is -2.10. The van der Waals surface area contributed by atoms with Crippen LogP contribution in [0, 0.1) is 13.8 Å². The van der Waals surface area contributed by atoms with Gasteiger partial charge in [-0.15, -0.1) is 11.8 Å². The summed E-state index contributed by atoms with van der Waals surface area (Å²) in [6.07, 6.45) is 0. The summed E-state index contributed by atoms with van der Waals surface area (Å²) in [5.41, 5.74) is 4.11. The lowest BCUT2D eigenvalue weighted by Crippen LogP contribution is -2.15. The Morgan fingerprint density at radius 1 is 0.933 bits per heavy atom. The number of carbonyl (C=O) groups excluding carboxylic acids is 2. The molecule has 3 aromatic rings. The standard InChI is InChI=1S/C24H24N2O3S/c1-16-8-13-22(17(2)14-16)30-15-23(27)25-19-11-9-18(10-12-19)24(28)26-20-6-4-5-7-21(20)29-3/h4-14H,15H2,1-3H3,(H,25,27)(H,26,28). The largest absolute Gasteiger partial charge is 0.495 e. The van der Waals surface area contributed by atoms with Crippen molar-refractivity contribution in [1.29, 1.82) is 0 Å². The number of anilines is 2. The number of amides is 2. The quantitative estimate of drug-likeness (QED) is 0.509. The SMILES string of the molecule is COc1ccccc1NC(=O)c1ccc(NC(=O)CSc2ccc(C)cc2C)cc1. The van der Waals surface area contributed by atoms with E-state index in [1.165, 1.54) is 22.9 Å². The molecular formula is C24H24N2O3S. The maximum atomic E-state index is 12.5. The molecular weight excluding hydrogens is 396 g/mol. The van der Waals surface area contributed by atoms with Crippen molar-refractivity contribution in [1.82, 2.24) is 0 Å². The first-order chi connectivity index (χ1) is 14.5. The van der Waals surface area contributed by atoms with E-state index in [0.29, 0.717) is 28.4 Å². The van der Waals surface area contributed by atoms with Crippen molar-refractivity contribution in [3.63, 3.8) is 0 Å². The van der Waals surface area contributed by atoms with Crippen molar-refractivity contribution in [2.75, 3.05) is 23.5 Å². The third-order valence-electron chi connectivity index (χ3n) is 4.48. The molecule has 0 saturated heterocycles. The molecule has 2 amide bonds. The summed E-state index contributed by atoms with van der Waals surface area (Å²) in [5.74, 6) is 0.574. The van der Waals surface area contributed by atoms with Crippen LogP contribution in [0.1, 0.15) is 21.5 Å². The molecule has 0 aliphatic heterocycles. The zero-order valence-electron chi connectivity index (χ0n) is 17.2. The zero-order chi connectivity index (χ0) is 21.5. The van der Waals surface area contributed by atoms with E-state index in [1.807, 2.05) is 31.2 Å². The van der Waals surface area contributed by atoms with Crippen LogP contribution in [-0.4, -0.2) is 24.7 Å².